The number of hydrogen-bond donors (Lipinski definition) is 1. The maximum absolute atomic E-state index is 13.2. The lowest BCUT2D eigenvalue weighted by Gasteiger charge is -2.41. The summed E-state index contributed by atoms with van der Waals surface area (Å²) in [4.78, 5) is 28.2. The van der Waals surface area contributed by atoms with Crippen LogP contribution in [0.25, 0.3) is 0 Å². The van der Waals surface area contributed by atoms with E-state index < -0.39 is 0 Å². The maximum Gasteiger partial charge on any atom is 0.263 e. The van der Waals surface area contributed by atoms with Crippen LogP contribution in [0.1, 0.15) is 65.7 Å². The quantitative estimate of drug-likeness (QED) is 0.907. The topological polar surface area (TPSA) is 62.5 Å². The van der Waals surface area contributed by atoms with E-state index in [1.54, 1.807) is 4.57 Å². The summed E-state index contributed by atoms with van der Waals surface area (Å²) in [5, 5.41) is 9.73. The molecule has 1 saturated carbocycles. The van der Waals surface area contributed by atoms with Gasteiger partial charge in [0.25, 0.3) is 11.5 Å². The van der Waals surface area contributed by atoms with Gasteiger partial charge in [0, 0.05) is 18.8 Å². The van der Waals surface area contributed by atoms with Crippen LogP contribution in [0.5, 0.6) is 0 Å². The monoisotopic (exact) mass is 366 g/mol. The summed E-state index contributed by atoms with van der Waals surface area (Å²) in [5.74, 6) is -0.164. The number of aromatic nitrogens is 1. The predicted octanol–water partition coefficient (Wildman–Crippen LogP) is 3.22. The molecule has 1 aromatic carbocycles. The fraction of sp³-hybridized carbons (Fsp3) is 0.455. The average molecular weight is 366 g/mol. The number of aryl methyl sites for hydroxylation is 1. The number of aliphatic hydroxyl groups is 1. The fourth-order valence-electron chi connectivity index (χ4n) is 4.32. The lowest BCUT2D eigenvalue weighted by Crippen LogP contribution is -2.47. The van der Waals surface area contributed by atoms with Crippen LogP contribution >= 0.6 is 0 Å². The van der Waals surface area contributed by atoms with Crippen LogP contribution in [0.15, 0.2) is 47.4 Å². The van der Waals surface area contributed by atoms with Gasteiger partial charge < -0.3 is 14.6 Å². The Morgan fingerprint density at radius 1 is 1.04 bits per heavy atom. The molecule has 5 nitrogen and oxygen atoms in total. The first-order chi connectivity index (χ1) is 13.1. The second-order valence-electron chi connectivity index (χ2n) is 7.76. The SMILES string of the molecule is Cc1ccn(C2CCC(O)CC2)c(=O)c1C(=O)N1CCC1c1ccccc1. The molecule has 1 aliphatic carbocycles. The molecule has 1 aliphatic heterocycles. The minimum Gasteiger partial charge on any atom is -0.393 e. The molecule has 2 fully saturated rings. The highest BCUT2D eigenvalue weighted by atomic mass is 16.3. The third-order valence-corrected chi connectivity index (χ3v) is 6.07. The molecule has 0 radical (unpaired) electrons. The van der Waals surface area contributed by atoms with Crippen molar-refractivity contribution >= 4 is 5.91 Å². The molecule has 0 bridgehead atoms. The van der Waals surface area contributed by atoms with E-state index in [0.29, 0.717) is 24.9 Å². The Bertz CT molecular complexity index is 882. The molecular formula is C22H26N2O3. The van der Waals surface area contributed by atoms with Crippen LogP contribution < -0.4 is 5.56 Å². The van der Waals surface area contributed by atoms with E-state index in [1.807, 2.05) is 54.4 Å². The van der Waals surface area contributed by atoms with Gasteiger partial charge in [0.2, 0.25) is 0 Å². The summed E-state index contributed by atoms with van der Waals surface area (Å²) in [6.45, 7) is 2.52. The number of aliphatic hydroxyl groups excluding tert-OH is 1. The van der Waals surface area contributed by atoms with Gasteiger partial charge in [-0.15, -0.1) is 0 Å². The second-order valence-corrected chi connectivity index (χ2v) is 7.76. The van der Waals surface area contributed by atoms with Crippen molar-refractivity contribution in [2.45, 2.75) is 57.2 Å². The zero-order valence-electron chi connectivity index (χ0n) is 15.7. The average Bonchev–Trinajstić information content (AvgIpc) is 2.63. The summed E-state index contributed by atoms with van der Waals surface area (Å²) < 4.78 is 1.71. The normalized spacial score (nSPS) is 25.1. The van der Waals surface area contributed by atoms with Gasteiger partial charge in [-0.25, -0.2) is 0 Å². The van der Waals surface area contributed by atoms with Crippen molar-refractivity contribution < 1.29 is 9.90 Å². The number of pyridine rings is 1. The molecule has 1 aromatic heterocycles. The van der Waals surface area contributed by atoms with Crippen molar-refractivity contribution in [3.63, 3.8) is 0 Å². The lowest BCUT2D eigenvalue weighted by molar-refractivity contribution is 0.0456. The van der Waals surface area contributed by atoms with Crippen molar-refractivity contribution in [1.29, 1.82) is 0 Å². The first kappa shape index (κ1) is 18.0. The van der Waals surface area contributed by atoms with Gasteiger partial charge in [-0.3, -0.25) is 9.59 Å². The van der Waals surface area contributed by atoms with Gasteiger partial charge in [-0.2, -0.15) is 0 Å². The van der Waals surface area contributed by atoms with Crippen molar-refractivity contribution in [3.05, 3.63) is 69.6 Å². The number of nitrogens with zero attached hydrogens (tertiary/aromatic N) is 2. The number of benzene rings is 1. The van der Waals surface area contributed by atoms with Crippen LogP contribution in [-0.4, -0.2) is 33.1 Å². The molecule has 27 heavy (non-hydrogen) atoms. The van der Waals surface area contributed by atoms with Crippen LogP contribution in [0.3, 0.4) is 0 Å². The van der Waals surface area contributed by atoms with Gasteiger partial charge in [0.15, 0.2) is 0 Å². The van der Waals surface area contributed by atoms with Crippen molar-refractivity contribution in [1.82, 2.24) is 9.47 Å². The van der Waals surface area contributed by atoms with Gasteiger partial charge in [0.05, 0.1) is 12.1 Å². The molecule has 1 unspecified atom stereocenters. The molecule has 1 amide bonds. The highest BCUT2D eigenvalue weighted by Crippen LogP contribution is 2.34. The Kier molecular flexibility index (Phi) is 4.87. The molecule has 2 aromatic rings. The van der Waals surface area contributed by atoms with Gasteiger partial charge in [-0.05, 0) is 56.2 Å². The Morgan fingerprint density at radius 3 is 2.37 bits per heavy atom. The summed E-state index contributed by atoms with van der Waals surface area (Å²) >= 11 is 0. The number of carbonyl (C=O) groups is 1. The largest absolute Gasteiger partial charge is 0.393 e. The third kappa shape index (κ3) is 3.32. The number of amides is 1. The lowest BCUT2D eigenvalue weighted by atomic mass is 9.92. The predicted molar refractivity (Wildman–Crippen MR) is 104 cm³/mol. The molecule has 2 heterocycles. The number of rotatable bonds is 3. The molecule has 1 N–H and O–H groups in total. The van der Waals surface area contributed by atoms with Crippen molar-refractivity contribution in [2.24, 2.45) is 0 Å². The summed E-state index contributed by atoms with van der Waals surface area (Å²) in [5.41, 5.74) is 1.95. The minimum atomic E-state index is -0.267. The third-order valence-electron chi connectivity index (χ3n) is 6.07. The van der Waals surface area contributed by atoms with Crippen LogP contribution in [0.2, 0.25) is 0 Å². The molecule has 4 rings (SSSR count). The molecule has 5 heteroatoms. The number of hydrogen-bond acceptors (Lipinski definition) is 3. The smallest absolute Gasteiger partial charge is 0.263 e. The highest BCUT2D eigenvalue weighted by Gasteiger charge is 2.36. The Hall–Kier alpha value is -2.40. The van der Waals surface area contributed by atoms with Crippen LogP contribution in [0.4, 0.5) is 0 Å². The number of likely N-dealkylation sites (tertiary alicyclic amines) is 1. The van der Waals surface area contributed by atoms with Crippen LogP contribution in [-0.2, 0) is 0 Å². The van der Waals surface area contributed by atoms with Gasteiger partial charge in [-0.1, -0.05) is 30.3 Å². The van der Waals surface area contributed by atoms with Crippen molar-refractivity contribution in [2.75, 3.05) is 6.54 Å². The van der Waals surface area contributed by atoms with E-state index in [-0.39, 0.29) is 29.7 Å². The molecule has 1 atom stereocenters. The minimum absolute atomic E-state index is 0.0518. The van der Waals surface area contributed by atoms with Gasteiger partial charge >= 0.3 is 0 Å². The molecular weight excluding hydrogens is 340 g/mol. The maximum atomic E-state index is 13.2. The van der Waals surface area contributed by atoms with E-state index in [0.717, 1.165) is 30.4 Å². The fourth-order valence-corrected chi connectivity index (χ4v) is 4.32. The zero-order valence-corrected chi connectivity index (χ0v) is 15.7. The second kappa shape index (κ2) is 7.31. The highest BCUT2D eigenvalue weighted by molar-refractivity contribution is 5.96. The zero-order chi connectivity index (χ0) is 19.0. The Balaban J connectivity index is 1.62. The van der Waals surface area contributed by atoms with E-state index in [2.05, 4.69) is 0 Å². The first-order valence-electron chi connectivity index (χ1n) is 9.82. The van der Waals surface area contributed by atoms with E-state index >= 15 is 0 Å². The van der Waals surface area contributed by atoms with E-state index in [9.17, 15) is 14.7 Å². The molecule has 0 spiro atoms. The summed E-state index contributed by atoms with van der Waals surface area (Å²) in [6.07, 6.45) is 5.42. The Morgan fingerprint density at radius 2 is 1.74 bits per heavy atom. The van der Waals surface area contributed by atoms with E-state index in [1.165, 1.54) is 0 Å². The Labute approximate surface area is 159 Å². The standard InChI is InChI=1S/C22H26N2O3/c1-15-11-13-23(17-7-9-18(25)10-8-17)21(26)20(15)22(27)24-14-12-19(24)16-5-3-2-4-6-16/h2-6,11,13,17-19,25H,7-10,12,14H2,1H3. The first-order valence-corrected chi connectivity index (χ1v) is 9.82. The van der Waals surface area contributed by atoms with Gasteiger partial charge in [0.1, 0.15) is 5.56 Å². The van der Waals surface area contributed by atoms with E-state index in [4.69, 9.17) is 0 Å². The van der Waals surface area contributed by atoms with Crippen LogP contribution in [0, 0.1) is 6.92 Å². The summed E-state index contributed by atoms with van der Waals surface area (Å²) in [7, 11) is 0. The molecule has 2 aliphatic rings. The molecule has 142 valence electrons. The number of carbonyl (C=O) groups excluding carboxylic acids is 1. The van der Waals surface area contributed by atoms with Crippen molar-refractivity contribution in [3.8, 4) is 0 Å². The molecule has 1 saturated heterocycles. The summed E-state index contributed by atoms with van der Waals surface area (Å²) in [6, 6.07) is 12.0.